The van der Waals surface area contributed by atoms with E-state index in [2.05, 4.69) is 17.0 Å². The minimum absolute atomic E-state index is 0.548. The van der Waals surface area contributed by atoms with Crippen LogP contribution in [-0.2, 0) is 16.0 Å². The molecule has 17 heavy (non-hydrogen) atoms. The number of para-hydroxylation sites is 1. The maximum atomic E-state index is 5.76. The summed E-state index contributed by atoms with van der Waals surface area (Å²) >= 11 is 0. The number of methoxy groups -OCH3 is 2. The Morgan fingerprint density at radius 1 is 1.06 bits per heavy atom. The molecule has 96 valence electrons. The topological polar surface area (TPSA) is 47.7 Å². The van der Waals surface area contributed by atoms with Crippen LogP contribution in [0.25, 0.3) is 0 Å². The number of nitrogens with two attached hydrogens (primary N) is 1. The summed E-state index contributed by atoms with van der Waals surface area (Å²) in [5.74, 6) is 0. The van der Waals surface area contributed by atoms with Gasteiger partial charge >= 0.3 is 0 Å². The molecule has 0 aliphatic carbocycles. The van der Waals surface area contributed by atoms with E-state index in [9.17, 15) is 0 Å². The van der Waals surface area contributed by atoms with E-state index >= 15 is 0 Å². The third kappa shape index (κ3) is 4.34. The van der Waals surface area contributed by atoms with Crippen LogP contribution in [0.15, 0.2) is 24.3 Å². The lowest BCUT2D eigenvalue weighted by atomic mass is 10.1. The van der Waals surface area contributed by atoms with Crippen LogP contribution in [0.2, 0.25) is 0 Å². The lowest BCUT2D eigenvalue weighted by Crippen LogP contribution is -2.31. The Kier molecular flexibility index (Phi) is 6.62. The van der Waals surface area contributed by atoms with E-state index < -0.39 is 0 Å². The van der Waals surface area contributed by atoms with Gasteiger partial charge in [0, 0.05) is 39.5 Å². The number of benzene rings is 1. The Morgan fingerprint density at radius 2 is 1.65 bits per heavy atom. The van der Waals surface area contributed by atoms with Gasteiger partial charge in [0.1, 0.15) is 0 Å². The summed E-state index contributed by atoms with van der Waals surface area (Å²) in [4.78, 5) is 2.25. The van der Waals surface area contributed by atoms with Crippen molar-refractivity contribution in [3.8, 4) is 0 Å². The number of ether oxygens (including phenoxy) is 2. The molecule has 0 amide bonds. The summed E-state index contributed by atoms with van der Waals surface area (Å²) < 4.78 is 10.3. The Bertz CT molecular complexity index is 310. The minimum atomic E-state index is 0.548. The molecule has 0 fully saturated rings. The molecule has 1 aromatic carbocycles. The third-order valence-electron chi connectivity index (χ3n) is 2.68. The van der Waals surface area contributed by atoms with Crippen molar-refractivity contribution in [1.82, 2.24) is 0 Å². The van der Waals surface area contributed by atoms with E-state index in [1.165, 1.54) is 5.69 Å². The van der Waals surface area contributed by atoms with Gasteiger partial charge in [0.15, 0.2) is 0 Å². The highest BCUT2D eigenvalue weighted by Crippen LogP contribution is 2.19. The highest BCUT2D eigenvalue weighted by molar-refractivity contribution is 5.53. The van der Waals surface area contributed by atoms with Crippen molar-refractivity contribution < 1.29 is 9.47 Å². The predicted molar refractivity (Wildman–Crippen MR) is 70.3 cm³/mol. The predicted octanol–water partition coefficient (Wildman–Crippen LogP) is 1.24. The van der Waals surface area contributed by atoms with Gasteiger partial charge in [-0.1, -0.05) is 18.2 Å². The number of hydrogen-bond acceptors (Lipinski definition) is 4. The maximum Gasteiger partial charge on any atom is 0.0637 e. The lowest BCUT2D eigenvalue weighted by Gasteiger charge is -2.26. The van der Waals surface area contributed by atoms with Crippen LogP contribution in [0, 0.1) is 0 Å². The van der Waals surface area contributed by atoms with Crippen LogP contribution in [-0.4, -0.2) is 40.5 Å². The van der Waals surface area contributed by atoms with Crippen molar-refractivity contribution in [2.45, 2.75) is 6.54 Å². The van der Waals surface area contributed by atoms with Gasteiger partial charge in [0.05, 0.1) is 13.2 Å². The Balaban J connectivity index is 2.78. The molecule has 0 atom stereocenters. The largest absolute Gasteiger partial charge is 0.383 e. The van der Waals surface area contributed by atoms with E-state index in [0.29, 0.717) is 19.8 Å². The number of rotatable bonds is 8. The highest BCUT2D eigenvalue weighted by Gasteiger charge is 2.09. The SMILES string of the molecule is COCCN(CCOC)c1ccccc1CN. The Labute approximate surface area is 103 Å². The summed E-state index contributed by atoms with van der Waals surface area (Å²) in [6.45, 7) is 3.63. The van der Waals surface area contributed by atoms with E-state index in [1.54, 1.807) is 14.2 Å². The number of nitrogens with zero attached hydrogens (tertiary/aromatic N) is 1. The minimum Gasteiger partial charge on any atom is -0.383 e. The first-order valence-corrected chi connectivity index (χ1v) is 5.84. The Hall–Kier alpha value is -1.10. The molecule has 0 aliphatic rings. The third-order valence-corrected chi connectivity index (χ3v) is 2.68. The van der Waals surface area contributed by atoms with Crippen LogP contribution in [0.4, 0.5) is 5.69 Å². The standard InChI is InChI=1S/C13H22N2O2/c1-16-9-7-15(8-10-17-2)13-6-4-3-5-12(13)11-14/h3-6H,7-11,14H2,1-2H3. The quantitative estimate of drug-likeness (QED) is 0.740. The molecule has 1 rings (SSSR count). The van der Waals surface area contributed by atoms with E-state index in [0.717, 1.165) is 18.7 Å². The second-order valence-electron chi connectivity index (χ2n) is 3.81. The monoisotopic (exact) mass is 238 g/mol. The van der Waals surface area contributed by atoms with Gasteiger partial charge in [-0.25, -0.2) is 0 Å². The van der Waals surface area contributed by atoms with Gasteiger partial charge in [-0.3, -0.25) is 0 Å². The van der Waals surface area contributed by atoms with Gasteiger partial charge in [-0.05, 0) is 11.6 Å². The van der Waals surface area contributed by atoms with Crippen molar-refractivity contribution in [2.75, 3.05) is 45.4 Å². The molecular weight excluding hydrogens is 216 g/mol. The maximum absolute atomic E-state index is 5.76. The average Bonchev–Trinajstić information content (AvgIpc) is 2.39. The molecule has 2 N–H and O–H groups in total. The molecule has 0 heterocycles. The average molecular weight is 238 g/mol. The first-order valence-electron chi connectivity index (χ1n) is 5.84. The molecule has 4 nitrogen and oxygen atoms in total. The van der Waals surface area contributed by atoms with Gasteiger partial charge in [0.2, 0.25) is 0 Å². The summed E-state index contributed by atoms with van der Waals surface area (Å²) in [6, 6.07) is 8.19. The Morgan fingerprint density at radius 3 is 2.18 bits per heavy atom. The molecule has 0 radical (unpaired) electrons. The molecule has 0 saturated heterocycles. The zero-order valence-corrected chi connectivity index (χ0v) is 10.7. The van der Waals surface area contributed by atoms with E-state index in [4.69, 9.17) is 15.2 Å². The van der Waals surface area contributed by atoms with Gasteiger partial charge in [0.25, 0.3) is 0 Å². The highest BCUT2D eigenvalue weighted by atomic mass is 16.5. The fourth-order valence-electron chi connectivity index (χ4n) is 1.75. The second kappa shape index (κ2) is 8.06. The summed E-state index contributed by atoms with van der Waals surface area (Å²) in [5, 5.41) is 0. The van der Waals surface area contributed by atoms with Crippen molar-refractivity contribution in [3.63, 3.8) is 0 Å². The molecule has 1 aromatic rings. The van der Waals surface area contributed by atoms with Crippen molar-refractivity contribution >= 4 is 5.69 Å². The smallest absolute Gasteiger partial charge is 0.0637 e. The second-order valence-corrected chi connectivity index (χ2v) is 3.81. The van der Waals surface area contributed by atoms with Crippen LogP contribution in [0.1, 0.15) is 5.56 Å². The molecule has 0 unspecified atom stereocenters. The number of hydrogen-bond donors (Lipinski definition) is 1. The van der Waals surface area contributed by atoms with Crippen LogP contribution < -0.4 is 10.6 Å². The zero-order chi connectivity index (χ0) is 12.5. The molecule has 0 aromatic heterocycles. The van der Waals surface area contributed by atoms with Crippen molar-refractivity contribution in [1.29, 1.82) is 0 Å². The summed E-state index contributed by atoms with van der Waals surface area (Å²) in [6.07, 6.45) is 0. The first-order chi connectivity index (χ1) is 8.33. The molecule has 0 aliphatic heterocycles. The molecular formula is C13H22N2O2. The number of anilines is 1. The van der Waals surface area contributed by atoms with Crippen LogP contribution in [0.5, 0.6) is 0 Å². The normalized spacial score (nSPS) is 10.5. The molecule has 0 bridgehead atoms. The van der Waals surface area contributed by atoms with Gasteiger partial charge < -0.3 is 20.1 Å². The molecule has 4 heteroatoms. The van der Waals surface area contributed by atoms with Crippen molar-refractivity contribution in [3.05, 3.63) is 29.8 Å². The summed E-state index contributed by atoms with van der Waals surface area (Å²) in [7, 11) is 3.42. The fraction of sp³-hybridized carbons (Fsp3) is 0.538. The van der Waals surface area contributed by atoms with Crippen LogP contribution >= 0.6 is 0 Å². The van der Waals surface area contributed by atoms with Crippen molar-refractivity contribution in [2.24, 2.45) is 5.73 Å². The first kappa shape index (κ1) is 14.0. The van der Waals surface area contributed by atoms with Gasteiger partial charge in [-0.2, -0.15) is 0 Å². The lowest BCUT2D eigenvalue weighted by molar-refractivity contribution is 0.190. The zero-order valence-electron chi connectivity index (χ0n) is 10.7. The van der Waals surface area contributed by atoms with Crippen LogP contribution in [0.3, 0.4) is 0 Å². The molecule has 0 spiro atoms. The summed E-state index contributed by atoms with van der Waals surface area (Å²) in [5.41, 5.74) is 8.08. The van der Waals surface area contributed by atoms with Gasteiger partial charge in [-0.15, -0.1) is 0 Å². The fourth-order valence-corrected chi connectivity index (χ4v) is 1.75. The van der Waals surface area contributed by atoms with E-state index in [1.807, 2.05) is 12.1 Å². The molecule has 0 saturated carbocycles. The van der Waals surface area contributed by atoms with E-state index in [-0.39, 0.29) is 0 Å².